The molecule has 2 aromatic rings. The van der Waals surface area contributed by atoms with Gasteiger partial charge in [-0.2, -0.15) is 0 Å². The van der Waals surface area contributed by atoms with Gasteiger partial charge in [-0.05, 0) is 42.0 Å². The van der Waals surface area contributed by atoms with Gasteiger partial charge in [0, 0.05) is 18.8 Å². The third-order valence-electron chi connectivity index (χ3n) is 5.11. The van der Waals surface area contributed by atoms with E-state index in [4.69, 9.17) is 0 Å². The topological polar surface area (TPSA) is 49.4 Å². The summed E-state index contributed by atoms with van der Waals surface area (Å²) in [6.07, 6.45) is 0.527. The number of amides is 2. The Bertz CT molecular complexity index is 872. The predicted molar refractivity (Wildman–Crippen MR) is 126 cm³/mol. The molecule has 0 radical (unpaired) electrons. The molecule has 0 saturated carbocycles. The van der Waals surface area contributed by atoms with Crippen molar-refractivity contribution < 1.29 is 14.0 Å². The predicted octanol–water partition coefficient (Wildman–Crippen LogP) is 4.95. The molecule has 0 aliphatic heterocycles. The van der Waals surface area contributed by atoms with Crippen LogP contribution >= 0.6 is 11.8 Å². The lowest BCUT2D eigenvalue weighted by Crippen LogP contribution is -2.50. The summed E-state index contributed by atoms with van der Waals surface area (Å²) in [4.78, 5) is 27.8. The lowest BCUT2D eigenvalue weighted by molar-refractivity contribution is -0.139. The second kappa shape index (κ2) is 12.5. The van der Waals surface area contributed by atoms with Crippen LogP contribution in [0.25, 0.3) is 0 Å². The molecule has 168 valence electrons. The molecule has 6 heteroatoms. The third kappa shape index (κ3) is 7.69. The molecule has 1 N–H and O–H groups in total. The van der Waals surface area contributed by atoms with Crippen LogP contribution < -0.4 is 5.32 Å². The van der Waals surface area contributed by atoms with E-state index in [0.29, 0.717) is 36.7 Å². The first-order valence-corrected chi connectivity index (χ1v) is 11.9. The minimum atomic E-state index is -0.542. The van der Waals surface area contributed by atoms with Gasteiger partial charge in [-0.3, -0.25) is 9.59 Å². The Hall–Kier alpha value is -2.34. The van der Waals surface area contributed by atoms with Crippen molar-refractivity contribution in [3.05, 3.63) is 71.0 Å². The van der Waals surface area contributed by atoms with Crippen molar-refractivity contribution in [2.24, 2.45) is 5.92 Å². The van der Waals surface area contributed by atoms with E-state index in [1.54, 1.807) is 23.1 Å². The van der Waals surface area contributed by atoms with E-state index in [0.717, 1.165) is 11.1 Å². The lowest BCUT2D eigenvalue weighted by atomic mass is 10.1. The van der Waals surface area contributed by atoms with Crippen molar-refractivity contribution in [1.82, 2.24) is 10.2 Å². The van der Waals surface area contributed by atoms with Gasteiger partial charge in [-0.25, -0.2) is 4.39 Å². The molecule has 2 rings (SSSR count). The number of halogens is 1. The van der Waals surface area contributed by atoms with Gasteiger partial charge >= 0.3 is 0 Å². The molecule has 0 aliphatic rings. The van der Waals surface area contributed by atoms with Crippen molar-refractivity contribution in [3.8, 4) is 0 Å². The summed E-state index contributed by atoms with van der Waals surface area (Å²) in [5.41, 5.74) is 2.68. The van der Waals surface area contributed by atoms with Gasteiger partial charge in [0.25, 0.3) is 0 Å². The largest absolute Gasteiger partial charge is 0.354 e. The molecule has 1 unspecified atom stereocenters. The van der Waals surface area contributed by atoms with Crippen LogP contribution in [0.1, 0.15) is 43.9 Å². The summed E-state index contributed by atoms with van der Waals surface area (Å²) in [5.74, 6) is 0.423. The maximum absolute atomic E-state index is 13.9. The van der Waals surface area contributed by atoms with E-state index in [2.05, 4.69) is 5.32 Å². The third-order valence-corrected chi connectivity index (χ3v) is 6.08. The van der Waals surface area contributed by atoms with Gasteiger partial charge in [0.15, 0.2) is 0 Å². The van der Waals surface area contributed by atoms with Crippen molar-refractivity contribution in [2.45, 2.75) is 52.5 Å². The van der Waals surface area contributed by atoms with Crippen LogP contribution in [0.3, 0.4) is 0 Å². The first-order chi connectivity index (χ1) is 14.8. The summed E-state index contributed by atoms with van der Waals surface area (Å²) in [5, 5.41) is 2.97. The SMILES string of the molecule is CCC(C(=O)NCC(C)C)N(Cc1ccccc1C)C(=O)CSCc1ccccc1F. The Kier molecular flexibility index (Phi) is 10.0. The first kappa shape index (κ1) is 24.9. The van der Waals surface area contributed by atoms with Crippen LogP contribution in [0.15, 0.2) is 48.5 Å². The molecule has 31 heavy (non-hydrogen) atoms. The zero-order valence-electron chi connectivity index (χ0n) is 18.9. The number of nitrogens with one attached hydrogen (secondary N) is 1. The molecule has 0 saturated heterocycles. The Morgan fingerprint density at radius 2 is 1.71 bits per heavy atom. The highest BCUT2D eigenvalue weighted by Gasteiger charge is 2.28. The molecular weight excluding hydrogens is 411 g/mol. The summed E-state index contributed by atoms with van der Waals surface area (Å²) < 4.78 is 13.9. The first-order valence-electron chi connectivity index (χ1n) is 10.8. The molecule has 1 atom stereocenters. The van der Waals surface area contributed by atoms with Crippen LogP contribution in [-0.2, 0) is 21.9 Å². The normalized spacial score (nSPS) is 11.9. The summed E-state index contributed by atoms with van der Waals surface area (Å²) in [7, 11) is 0. The van der Waals surface area contributed by atoms with Crippen molar-refractivity contribution in [1.29, 1.82) is 0 Å². The van der Waals surface area contributed by atoms with Crippen LogP contribution in [0.2, 0.25) is 0 Å². The second-order valence-electron chi connectivity index (χ2n) is 8.10. The highest BCUT2D eigenvalue weighted by Crippen LogP contribution is 2.20. The summed E-state index contributed by atoms with van der Waals surface area (Å²) in [6, 6.07) is 13.9. The zero-order chi connectivity index (χ0) is 22.8. The molecule has 4 nitrogen and oxygen atoms in total. The molecule has 0 bridgehead atoms. The van der Waals surface area contributed by atoms with Gasteiger partial charge in [0.1, 0.15) is 11.9 Å². The molecule has 0 aliphatic carbocycles. The quantitative estimate of drug-likeness (QED) is 0.534. The summed E-state index contributed by atoms with van der Waals surface area (Å²) in [6.45, 7) is 8.95. The number of carbonyl (C=O) groups excluding carboxylic acids is 2. The second-order valence-corrected chi connectivity index (χ2v) is 9.08. The maximum atomic E-state index is 13.9. The van der Waals surface area contributed by atoms with Gasteiger partial charge in [0.05, 0.1) is 5.75 Å². The average molecular weight is 445 g/mol. The number of nitrogens with zero attached hydrogens (tertiary/aromatic N) is 1. The standard InChI is InChI=1S/C25H33FN2O2S/c1-5-23(25(30)27-14-18(2)3)28(15-20-11-7-6-10-19(20)4)24(29)17-31-16-21-12-8-9-13-22(21)26/h6-13,18,23H,5,14-17H2,1-4H3,(H,27,30). The average Bonchev–Trinajstić information content (AvgIpc) is 2.74. The van der Waals surface area contributed by atoms with E-state index in [1.807, 2.05) is 52.0 Å². The van der Waals surface area contributed by atoms with E-state index in [1.165, 1.54) is 17.8 Å². The van der Waals surface area contributed by atoms with Gasteiger partial charge in [0.2, 0.25) is 11.8 Å². The maximum Gasteiger partial charge on any atom is 0.242 e. The van der Waals surface area contributed by atoms with Crippen molar-refractivity contribution >= 4 is 23.6 Å². The van der Waals surface area contributed by atoms with Crippen LogP contribution in [0, 0.1) is 18.7 Å². The molecule has 2 aromatic carbocycles. The molecule has 0 spiro atoms. The molecule has 0 aromatic heterocycles. The summed E-state index contributed by atoms with van der Waals surface area (Å²) >= 11 is 1.37. The van der Waals surface area contributed by atoms with E-state index in [9.17, 15) is 14.0 Å². The number of hydrogen-bond donors (Lipinski definition) is 1. The highest BCUT2D eigenvalue weighted by molar-refractivity contribution is 7.99. The number of benzene rings is 2. The minimum Gasteiger partial charge on any atom is -0.354 e. The molecule has 0 heterocycles. The molecule has 2 amide bonds. The van der Waals surface area contributed by atoms with Crippen LogP contribution in [0.5, 0.6) is 0 Å². The van der Waals surface area contributed by atoms with Crippen molar-refractivity contribution in [2.75, 3.05) is 12.3 Å². The van der Waals surface area contributed by atoms with Crippen LogP contribution in [0.4, 0.5) is 4.39 Å². The Balaban J connectivity index is 2.14. The lowest BCUT2D eigenvalue weighted by Gasteiger charge is -2.31. The van der Waals surface area contributed by atoms with Gasteiger partial charge in [-0.1, -0.05) is 63.2 Å². The van der Waals surface area contributed by atoms with E-state index >= 15 is 0 Å². The zero-order valence-corrected chi connectivity index (χ0v) is 19.7. The number of thioether (sulfide) groups is 1. The number of rotatable bonds is 11. The monoisotopic (exact) mass is 444 g/mol. The Morgan fingerprint density at radius 3 is 2.32 bits per heavy atom. The number of carbonyl (C=O) groups is 2. The van der Waals surface area contributed by atoms with E-state index < -0.39 is 6.04 Å². The highest BCUT2D eigenvalue weighted by atomic mass is 32.2. The molecule has 0 fully saturated rings. The van der Waals surface area contributed by atoms with Crippen molar-refractivity contribution in [3.63, 3.8) is 0 Å². The number of hydrogen-bond acceptors (Lipinski definition) is 3. The van der Waals surface area contributed by atoms with E-state index in [-0.39, 0.29) is 23.4 Å². The Morgan fingerprint density at radius 1 is 1.06 bits per heavy atom. The van der Waals surface area contributed by atoms with Gasteiger partial charge in [-0.15, -0.1) is 11.8 Å². The van der Waals surface area contributed by atoms with Gasteiger partial charge < -0.3 is 10.2 Å². The fraction of sp³-hybridized carbons (Fsp3) is 0.440. The van der Waals surface area contributed by atoms with Crippen LogP contribution in [-0.4, -0.2) is 35.1 Å². The Labute approximate surface area is 189 Å². The minimum absolute atomic E-state index is 0.115. The fourth-order valence-corrected chi connectivity index (χ4v) is 4.16. The molecular formula is C25H33FN2O2S. The fourth-order valence-electron chi connectivity index (χ4n) is 3.26. The number of aryl methyl sites for hydroxylation is 1. The smallest absolute Gasteiger partial charge is 0.242 e.